The van der Waals surface area contributed by atoms with Crippen molar-refractivity contribution in [2.45, 2.75) is 0 Å². The average Bonchev–Trinajstić information content (AvgIpc) is 1.77. The summed E-state index contributed by atoms with van der Waals surface area (Å²) in [7, 11) is 0. The molecule has 40 valence electrons. The Kier molecular flexibility index (Phi) is 1.59. The predicted molar refractivity (Wildman–Crippen MR) is 36.2 cm³/mol. The van der Waals surface area contributed by atoms with Crippen LogP contribution in [-0.2, 0) is 0 Å². The Balaban J connectivity index is 3.03. The molecule has 1 nitrogen and oxygen atoms in total. The van der Waals surface area contributed by atoms with E-state index in [1.165, 1.54) is 4.35 Å². The van der Waals surface area contributed by atoms with Crippen LogP contribution in [0, 0.1) is 0 Å². The van der Waals surface area contributed by atoms with Crippen LogP contribution in [0.25, 0.3) is 0 Å². The van der Waals surface area contributed by atoms with Gasteiger partial charge < -0.3 is 0 Å². The molecule has 0 aromatic heterocycles. The van der Waals surface area contributed by atoms with Gasteiger partial charge in [0.2, 0.25) is 0 Å². The van der Waals surface area contributed by atoms with Gasteiger partial charge in [0.1, 0.15) is 0 Å². The van der Waals surface area contributed by atoms with Gasteiger partial charge in [0.15, 0.2) is 0 Å². The zero-order valence-corrected chi connectivity index (χ0v) is 6.21. The van der Waals surface area contributed by atoms with Crippen molar-refractivity contribution < 1.29 is 0 Å². The second kappa shape index (κ2) is 2.23. The van der Waals surface area contributed by atoms with Gasteiger partial charge in [0, 0.05) is 0 Å². The van der Waals surface area contributed by atoms with Crippen LogP contribution in [0.3, 0.4) is 0 Å². The van der Waals surface area contributed by atoms with Gasteiger partial charge in [-0.15, -0.1) is 0 Å². The number of nitrogens with two attached hydrogens (primary N) is 1. The molecule has 0 atom stereocenters. The van der Waals surface area contributed by atoms with E-state index in [0.29, 0.717) is 0 Å². The Hall–Kier alpha value is -0.422. The van der Waals surface area contributed by atoms with Crippen molar-refractivity contribution in [3.05, 3.63) is 24.3 Å². The molecule has 1 aromatic rings. The fraction of sp³-hybridized carbons (Fsp3) is 0. The average molecular weight is 167 g/mol. The van der Waals surface area contributed by atoms with Crippen LogP contribution in [0.5, 0.6) is 0 Å². The van der Waals surface area contributed by atoms with Gasteiger partial charge in [-0.2, -0.15) is 0 Å². The first kappa shape index (κ1) is 5.71. The van der Waals surface area contributed by atoms with Crippen LogP contribution in [0.1, 0.15) is 0 Å². The summed E-state index contributed by atoms with van der Waals surface area (Å²) in [6.45, 7) is 0. The van der Waals surface area contributed by atoms with E-state index in [1.807, 2.05) is 24.3 Å². The molecule has 0 unspecified atom stereocenters. The molecule has 2 N–H and O–H groups in total. The standard InChI is InChI=1S/C6H6AsN/c7-5-1-3-6(8)4-2-5/h1-4H,8H2. The molecule has 0 aliphatic carbocycles. The number of hydrogen-bond acceptors (Lipinski definition) is 1. The summed E-state index contributed by atoms with van der Waals surface area (Å²) < 4.78 is 1.19. The number of anilines is 1. The minimum atomic E-state index is 0.819. The van der Waals surface area contributed by atoms with Crippen LogP contribution in [-0.4, -0.2) is 16.9 Å². The van der Waals surface area contributed by atoms with Gasteiger partial charge in [0.25, 0.3) is 0 Å². The summed E-state index contributed by atoms with van der Waals surface area (Å²) in [6.07, 6.45) is 0. The van der Waals surface area contributed by atoms with Crippen molar-refractivity contribution in [3.63, 3.8) is 0 Å². The molecule has 0 spiro atoms. The third-order valence-electron chi connectivity index (χ3n) is 0.893. The first-order valence-corrected chi connectivity index (χ1v) is 3.27. The molecule has 0 heterocycles. The van der Waals surface area contributed by atoms with Crippen LogP contribution >= 0.6 is 0 Å². The van der Waals surface area contributed by atoms with Gasteiger partial charge in [-0.1, -0.05) is 0 Å². The first-order chi connectivity index (χ1) is 3.79. The molecule has 8 heavy (non-hydrogen) atoms. The van der Waals surface area contributed by atoms with E-state index in [2.05, 4.69) is 16.9 Å². The van der Waals surface area contributed by atoms with E-state index in [-0.39, 0.29) is 0 Å². The molecule has 2 radical (unpaired) electrons. The number of benzene rings is 1. The Morgan fingerprint density at radius 3 is 2.00 bits per heavy atom. The summed E-state index contributed by atoms with van der Waals surface area (Å²) in [4.78, 5) is 0. The third-order valence-corrected chi connectivity index (χ3v) is 1.52. The topological polar surface area (TPSA) is 26.0 Å². The van der Waals surface area contributed by atoms with Gasteiger partial charge in [-0.05, 0) is 0 Å². The SMILES string of the molecule is Nc1ccc([As])cc1. The Labute approximate surface area is 57.4 Å². The molecule has 2 heteroatoms. The molecule has 0 bridgehead atoms. The Bertz CT molecular complexity index is 147. The van der Waals surface area contributed by atoms with Crippen LogP contribution in [0.15, 0.2) is 24.3 Å². The fourth-order valence-corrected chi connectivity index (χ4v) is 0.787. The molecule has 0 fully saturated rings. The molecule has 0 amide bonds. The number of hydrogen-bond donors (Lipinski definition) is 1. The van der Waals surface area contributed by atoms with E-state index in [1.54, 1.807) is 0 Å². The summed E-state index contributed by atoms with van der Waals surface area (Å²) >= 11 is 2.46. The second-order valence-corrected chi connectivity index (χ2v) is 2.67. The third kappa shape index (κ3) is 1.27. The number of nitrogen functional groups attached to an aromatic ring is 1. The van der Waals surface area contributed by atoms with E-state index in [4.69, 9.17) is 5.73 Å². The maximum absolute atomic E-state index is 5.42. The van der Waals surface area contributed by atoms with Crippen LogP contribution < -0.4 is 10.1 Å². The fourth-order valence-electron chi connectivity index (χ4n) is 0.474. The van der Waals surface area contributed by atoms with Crippen LogP contribution in [0.2, 0.25) is 0 Å². The zero-order valence-electron chi connectivity index (χ0n) is 4.33. The van der Waals surface area contributed by atoms with Gasteiger partial charge in [-0.3, -0.25) is 0 Å². The zero-order chi connectivity index (χ0) is 5.98. The summed E-state index contributed by atoms with van der Waals surface area (Å²) in [5.41, 5.74) is 6.24. The monoisotopic (exact) mass is 167 g/mol. The molecule has 0 saturated heterocycles. The summed E-state index contributed by atoms with van der Waals surface area (Å²) in [5.74, 6) is 0. The van der Waals surface area contributed by atoms with Gasteiger partial charge in [-0.25, -0.2) is 0 Å². The maximum atomic E-state index is 5.42. The van der Waals surface area contributed by atoms with E-state index < -0.39 is 0 Å². The quantitative estimate of drug-likeness (QED) is 0.429. The van der Waals surface area contributed by atoms with Crippen molar-refractivity contribution in [3.8, 4) is 0 Å². The van der Waals surface area contributed by atoms with E-state index in [0.717, 1.165) is 5.69 Å². The van der Waals surface area contributed by atoms with Gasteiger partial charge >= 0.3 is 56.9 Å². The van der Waals surface area contributed by atoms with Crippen molar-refractivity contribution in [1.29, 1.82) is 0 Å². The molecule has 1 aromatic carbocycles. The molecular weight excluding hydrogens is 161 g/mol. The second-order valence-electron chi connectivity index (χ2n) is 1.59. The summed E-state index contributed by atoms with van der Waals surface area (Å²) in [6, 6.07) is 7.70. The van der Waals surface area contributed by atoms with Crippen molar-refractivity contribution >= 4 is 26.9 Å². The summed E-state index contributed by atoms with van der Waals surface area (Å²) in [5, 5.41) is 0. The van der Waals surface area contributed by atoms with Gasteiger partial charge in [0.05, 0.1) is 0 Å². The van der Waals surface area contributed by atoms with E-state index >= 15 is 0 Å². The van der Waals surface area contributed by atoms with Crippen molar-refractivity contribution in [2.24, 2.45) is 0 Å². The predicted octanol–water partition coefficient (Wildman–Crippen LogP) is 0.0626. The van der Waals surface area contributed by atoms with Crippen molar-refractivity contribution in [2.75, 3.05) is 5.73 Å². The molecule has 1 rings (SSSR count). The number of rotatable bonds is 0. The molecule has 0 saturated carbocycles. The van der Waals surface area contributed by atoms with E-state index in [9.17, 15) is 0 Å². The Morgan fingerprint density at radius 1 is 1.12 bits per heavy atom. The molecule has 0 aliphatic heterocycles. The normalized spacial score (nSPS) is 9.12. The Morgan fingerprint density at radius 2 is 1.62 bits per heavy atom. The van der Waals surface area contributed by atoms with Crippen molar-refractivity contribution in [1.82, 2.24) is 0 Å². The molecular formula is C6H6AsN. The minimum absolute atomic E-state index is 0.819. The van der Waals surface area contributed by atoms with Crippen LogP contribution in [0.4, 0.5) is 5.69 Å². The molecule has 0 aliphatic rings. The first-order valence-electron chi connectivity index (χ1n) is 2.33.